The molecule has 1 heterocycles. The van der Waals surface area contributed by atoms with E-state index in [0.717, 1.165) is 6.42 Å². The minimum atomic E-state index is -0.969. The first kappa shape index (κ1) is 23.5. The number of thioether (sulfide) groups is 2. The molecule has 26 heavy (non-hydrogen) atoms. The molecule has 1 aliphatic rings. The summed E-state index contributed by atoms with van der Waals surface area (Å²) in [6.45, 7) is 9.50. The lowest BCUT2D eigenvalue weighted by Crippen LogP contribution is -2.50. The molecule has 1 atom stereocenters. The Morgan fingerprint density at radius 2 is 1.35 bits per heavy atom. The fraction of sp³-hybridized carbons (Fsp3) is 0.750. The van der Waals surface area contributed by atoms with Crippen LogP contribution in [-0.2, 0) is 9.59 Å². The van der Waals surface area contributed by atoms with Gasteiger partial charge in [0.2, 0.25) is 0 Å². The third-order valence-electron chi connectivity index (χ3n) is 4.15. The lowest BCUT2D eigenvalue weighted by molar-refractivity contribution is -0.140. The number of rotatable bonds is 6. The Balaban J connectivity index is 2.60. The summed E-state index contributed by atoms with van der Waals surface area (Å²) in [4.78, 5) is 26.8. The zero-order valence-electron chi connectivity index (χ0n) is 15.5. The minimum absolute atomic E-state index is 0.554. The summed E-state index contributed by atoms with van der Waals surface area (Å²) in [5.74, 6) is -1.75. The topological polar surface area (TPSA) is 81.1 Å². The van der Waals surface area contributed by atoms with Crippen molar-refractivity contribution in [1.29, 1.82) is 0 Å². The van der Waals surface area contributed by atoms with Crippen molar-refractivity contribution in [1.82, 2.24) is 9.80 Å². The number of thiocarbonyl (C=S) groups is 2. The fourth-order valence-electron chi connectivity index (χ4n) is 2.33. The van der Waals surface area contributed by atoms with E-state index in [1.807, 2.05) is 16.7 Å². The summed E-state index contributed by atoms with van der Waals surface area (Å²) in [5.41, 5.74) is 0. The van der Waals surface area contributed by atoms with Crippen molar-refractivity contribution < 1.29 is 19.8 Å². The first-order chi connectivity index (χ1) is 11.9. The number of carboxylic acid groups (broad SMARTS) is 2. The van der Waals surface area contributed by atoms with Gasteiger partial charge in [0.05, 0.1) is 0 Å². The van der Waals surface area contributed by atoms with Crippen molar-refractivity contribution in [3.8, 4) is 0 Å². The molecule has 1 rings (SSSR count). The van der Waals surface area contributed by atoms with Gasteiger partial charge in [0.1, 0.15) is 18.1 Å². The molecule has 1 saturated heterocycles. The van der Waals surface area contributed by atoms with Gasteiger partial charge in [-0.25, -0.2) is 0 Å². The molecule has 0 bridgehead atoms. The molecule has 1 fully saturated rings. The molecule has 0 aliphatic carbocycles. The van der Waals surface area contributed by atoms with E-state index < -0.39 is 21.4 Å². The van der Waals surface area contributed by atoms with Crippen molar-refractivity contribution in [2.45, 2.75) is 50.0 Å². The van der Waals surface area contributed by atoms with E-state index in [2.05, 4.69) is 0 Å². The van der Waals surface area contributed by atoms with Gasteiger partial charge in [-0.3, -0.25) is 9.59 Å². The second-order valence-corrected chi connectivity index (χ2v) is 11.2. The molecule has 0 radical (unpaired) electrons. The monoisotopic (exact) mass is 438 g/mol. The molecule has 148 valence electrons. The van der Waals surface area contributed by atoms with Crippen molar-refractivity contribution in [2.24, 2.45) is 0 Å². The number of hydrogen-bond donors (Lipinski definition) is 2. The maximum atomic E-state index is 11.6. The molecule has 0 aromatic carbocycles. The molecule has 0 aromatic rings. The number of carbonyl (C=O) groups is 2. The van der Waals surface area contributed by atoms with E-state index in [9.17, 15) is 19.8 Å². The van der Waals surface area contributed by atoms with Crippen LogP contribution >= 0.6 is 48.0 Å². The third-order valence-corrected chi connectivity index (χ3v) is 7.54. The highest BCUT2D eigenvalue weighted by Crippen LogP contribution is 2.33. The van der Waals surface area contributed by atoms with Gasteiger partial charge in [0.25, 0.3) is 0 Å². The molecule has 2 N–H and O–H groups in total. The average molecular weight is 439 g/mol. The Kier molecular flexibility index (Phi) is 8.63. The first-order valence-electron chi connectivity index (χ1n) is 8.35. The quantitative estimate of drug-likeness (QED) is 0.604. The normalized spacial score (nSPS) is 17.5. The Morgan fingerprint density at radius 3 is 1.69 bits per heavy atom. The second-order valence-electron chi connectivity index (χ2n) is 6.81. The van der Waals surface area contributed by atoms with Crippen LogP contribution in [0.3, 0.4) is 0 Å². The molecule has 1 aliphatic heterocycles. The van der Waals surface area contributed by atoms with E-state index in [0.29, 0.717) is 41.2 Å². The maximum Gasteiger partial charge on any atom is 0.319 e. The maximum absolute atomic E-state index is 11.6. The lowest BCUT2D eigenvalue weighted by Gasteiger charge is -2.39. The zero-order chi connectivity index (χ0) is 20.1. The van der Waals surface area contributed by atoms with E-state index in [4.69, 9.17) is 24.4 Å². The third kappa shape index (κ3) is 6.24. The second kappa shape index (κ2) is 9.57. The van der Waals surface area contributed by atoms with Crippen LogP contribution in [0, 0.1) is 0 Å². The zero-order valence-corrected chi connectivity index (χ0v) is 18.7. The van der Waals surface area contributed by atoms with Gasteiger partial charge in [-0.15, -0.1) is 0 Å². The smallest absolute Gasteiger partial charge is 0.319 e. The Hall–Kier alpha value is -0.580. The lowest BCUT2D eigenvalue weighted by atomic mass is 10.1. The summed E-state index contributed by atoms with van der Waals surface area (Å²) < 4.78 is -0.730. The van der Waals surface area contributed by atoms with Crippen LogP contribution in [-0.4, -0.2) is 76.3 Å². The van der Waals surface area contributed by atoms with Crippen LogP contribution in [0.15, 0.2) is 0 Å². The summed E-state index contributed by atoms with van der Waals surface area (Å²) >= 11 is 13.3. The molecule has 0 amide bonds. The van der Waals surface area contributed by atoms with Gasteiger partial charge < -0.3 is 20.0 Å². The molecule has 0 saturated carbocycles. The molecule has 1 unspecified atom stereocenters. The summed E-state index contributed by atoms with van der Waals surface area (Å²) in [5, 5.41) is 18.7. The highest BCUT2D eigenvalue weighted by atomic mass is 32.2. The Morgan fingerprint density at radius 1 is 0.923 bits per heavy atom. The molecule has 6 nitrogen and oxygen atoms in total. The molecule has 0 aromatic heterocycles. The van der Waals surface area contributed by atoms with Gasteiger partial charge in [-0.2, -0.15) is 0 Å². The minimum Gasteiger partial charge on any atom is -0.480 e. The number of carboxylic acids is 2. The Bertz CT molecular complexity index is 577. The van der Waals surface area contributed by atoms with Crippen LogP contribution in [0.4, 0.5) is 0 Å². The number of piperazine rings is 1. The molecular formula is C16H26N2O4S4. The van der Waals surface area contributed by atoms with Gasteiger partial charge >= 0.3 is 11.9 Å². The number of hydrogen-bond acceptors (Lipinski definition) is 6. The predicted molar refractivity (Wildman–Crippen MR) is 116 cm³/mol. The Labute approximate surface area is 174 Å². The van der Waals surface area contributed by atoms with Crippen LogP contribution in [0.1, 0.15) is 40.5 Å². The van der Waals surface area contributed by atoms with E-state index in [1.54, 1.807) is 20.8 Å². The highest BCUT2D eigenvalue weighted by Gasteiger charge is 2.37. The van der Waals surface area contributed by atoms with Crippen molar-refractivity contribution in [3.63, 3.8) is 0 Å². The average Bonchev–Trinajstić information content (AvgIpc) is 2.54. The van der Waals surface area contributed by atoms with Crippen LogP contribution in [0.25, 0.3) is 0 Å². The SMILES string of the molecule is CCCC(C)(SC(=S)N1CCN(C(=S)SC(C)(C)C(=O)O)CC1)C(=O)O. The van der Waals surface area contributed by atoms with Gasteiger partial charge in [0.15, 0.2) is 0 Å². The summed E-state index contributed by atoms with van der Waals surface area (Å²) in [6.07, 6.45) is 1.33. The van der Waals surface area contributed by atoms with Gasteiger partial charge in [0, 0.05) is 26.2 Å². The number of aliphatic carboxylic acids is 2. The summed E-state index contributed by atoms with van der Waals surface area (Å²) in [7, 11) is 0. The van der Waals surface area contributed by atoms with Crippen LogP contribution in [0.2, 0.25) is 0 Å². The van der Waals surface area contributed by atoms with Crippen LogP contribution in [0.5, 0.6) is 0 Å². The van der Waals surface area contributed by atoms with Crippen molar-refractivity contribution in [2.75, 3.05) is 26.2 Å². The standard InChI is InChI=1S/C16H26N2O4S4/c1-5-6-16(4,12(21)22)26-14(24)18-9-7-17(8-10-18)13(23)25-15(2,3)11(19)20/h5-10H2,1-4H3,(H,19,20)(H,21,22). The van der Waals surface area contributed by atoms with E-state index >= 15 is 0 Å². The van der Waals surface area contributed by atoms with E-state index in [-0.39, 0.29) is 0 Å². The molecule has 10 heteroatoms. The molecular weight excluding hydrogens is 412 g/mol. The van der Waals surface area contributed by atoms with Crippen molar-refractivity contribution >= 4 is 68.5 Å². The van der Waals surface area contributed by atoms with Gasteiger partial charge in [-0.05, 0) is 27.2 Å². The largest absolute Gasteiger partial charge is 0.480 e. The molecule has 0 spiro atoms. The fourth-order valence-corrected chi connectivity index (χ4v) is 5.80. The highest BCUT2D eigenvalue weighted by molar-refractivity contribution is 8.24. The number of nitrogens with zero attached hydrogens (tertiary/aromatic N) is 2. The van der Waals surface area contributed by atoms with Crippen molar-refractivity contribution in [3.05, 3.63) is 0 Å². The first-order valence-corrected chi connectivity index (χ1v) is 10.8. The van der Waals surface area contributed by atoms with Gasteiger partial charge in [-0.1, -0.05) is 61.3 Å². The predicted octanol–water partition coefficient (Wildman–Crippen LogP) is 3.15. The van der Waals surface area contributed by atoms with E-state index in [1.165, 1.54) is 23.5 Å². The summed E-state index contributed by atoms with van der Waals surface area (Å²) in [6, 6.07) is 0. The van der Waals surface area contributed by atoms with Crippen LogP contribution < -0.4 is 0 Å².